The van der Waals surface area contributed by atoms with Gasteiger partial charge in [-0.15, -0.1) is 0 Å². The number of hydrogen-bond acceptors (Lipinski definition) is 2. The Labute approximate surface area is 102 Å². The van der Waals surface area contributed by atoms with Crippen LogP contribution in [0.4, 0.5) is 0 Å². The Kier molecular flexibility index (Phi) is 2.45. The van der Waals surface area contributed by atoms with Gasteiger partial charge in [0.15, 0.2) is 0 Å². The van der Waals surface area contributed by atoms with Crippen molar-refractivity contribution in [1.29, 1.82) is 0 Å². The first-order valence-corrected chi connectivity index (χ1v) is 6.31. The molecule has 1 aromatic carbocycles. The van der Waals surface area contributed by atoms with Crippen LogP contribution < -0.4 is 11.1 Å². The number of hydrogen-bond donors (Lipinski definition) is 2. The van der Waals surface area contributed by atoms with E-state index in [9.17, 15) is 0 Å². The van der Waals surface area contributed by atoms with Crippen molar-refractivity contribution in [1.82, 2.24) is 9.88 Å². The lowest BCUT2D eigenvalue weighted by Gasteiger charge is -2.05. The van der Waals surface area contributed by atoms with Gasteiger partial charge in [-0.2, -0.15) is 0 Å². The number of nitrogens with zero attached hydrogens (tertiary/aromatic N) is 1. The molecule has 0 spiro atoms. The average molecular weight is 229 g/mol. The van der Waals surface area contributed by atoms with Gasteiger partial charge in [0.25, 0.3) is 0 Å². The van der Waals surface area contributed by atoms with E-state index in [1.807, 2.05) is 0 Å². The lowest BCUT2D eigenvalue weighted by Crippen LogP contribution is -2.04. The minimum absolute atomic E-state index is 0.0951. The van der Waals surface area contributed by atoms with Crippen molar-refractivity contribution >= 4 is 10.9 Å². The Morgan fingerprint density at radius 3 is 2.71 bits per heavy atom. The maximum absolute atomic E-state index is 6.06. The van der Waals surface area contributed by atoms with Crippen LogP contribution in [0.25, 0.3) is 10.9 Å². The zero-order valence-electron chi connectivity index (χ0n) is 10.5. The molecule has 0 bridgehead atoms. The summed E-state index contributed by atoms with van der Waals surface area (Å²) in [6.45, 7) is 7.21. The monoisotopic (exact) mass is 229 g/mol. The van der Waals surface area contributed by atoms with Gasteiger partial charge in [-0.1, -0.05) is 0 Å². The summed E-state index contributed by atoms with van der Waals surface area (Å²) in [5, 5.41) is 4.72. The fourth-order valence-electron chi connectivity index (χ4n) is 2.74. The van der Waals surface area contributed by atoms with Crippen molar-refractivity contribution in [3.8, 4) is 0 Å². The number of aromatic nitrogens is 1. The van der Waals surface area contributed by atoms with Crippen LogP contribution in [0.1, 0.15) is 36.6 Å². The van der Waals surface area contributed by atoms with Crippen LogP contribution >= 0.6 is 0 Å². The van der Waals surface area contributed by atoms with Crippen LogP contribution in [0.5, 0.6) is 0 Å². The van der Waals surface area contributed by atoms with Crippen molar-refractivity contribution in [2.75, 3.05) is 0 Å². The Morgan fingerprint density at radius 2 is 2.06 bits per heavy atom. The molecule has 3 rings (SSSR count). The molecule has 2 aromatic rings. The summed E-state index contributed by atoms with van der Waals surface area (Å²) in [5.74, 6) is 0. The Balaban J connectivity index is 2.30. The highest BCUT2D eigenvalue weighted by atomic mass is 15.0. The first-order chi connectivity index (χ1) is 8.20. The van der Waals surface area contributed by atoms with E-state index >= 15 is 0 Å². The van der Waals surface area contributed by atoms with Gasteiger partial charge in [-0.05, 0) is 42.7 Å². The minimum atomic E-state index is 0.0951. The Morgan fingerprint density at radius 1 is 1.35 bits per heavy atom. The number of nitrogens with two attached hydrogens (primary N) is 1. The Bertz CT molecular complexity index is 566. The summed E-state index contributed by atoms with van der Waals surface area (Å²) < 4.78 is 2.30. The first kappa shape index (κ1) is 10.8. The van der Waals surface area contributed by atoms with Crippen LogP contribution in [0.3, 0.4) is 0 Å². The third-order valence-electron chi connectivity index (χ3n) is 3.70. The van der Waals surface area contributed by atoms with E-state index in [-0.39, 0.29) is 6.04 Å². The average Bonchev–Trinajstić information content (AvgIpc) is 2.88. The van der Waals surface area contributed by atoms with Crippen LogP contribution in [0.2, 0.25) is 0 Å². The molecule has 1 aliphatic rings. The van der Waals surface area contributed by atoms with Crippen molar-refractivity contribution in [2.24, 2.45) is 5.73 Å². The van der Waals surface area contributed by atoms with Gasteiger partial charge in [0.2, 0.25) is 0 Å². The molecule has 1 aromatic heterocycles. The summed E-state index contributed by atoms with van der Waals surface area (Å²) >= 11 is 0. The van der Waals surface area contributed by atoms with Gasteiger partial charge < -0.3 is 15.6 Å². The fraction of sp³-hybridized carbons (Fsp3) is 0.429. The summed E-state index contributed by atoms with van der Waals surface area (Å²) in [6, 6.07) is 4.73. The second-order valence-electron chi connectivity index (χ2n) is 4.90. The largest absolute Gasteiger partial charge is 0.347 e. The van der Waals surface area contributed by atoms with Gasteiger partial charge >= 0.3 is 0 Å². The molecule has 2 heterocycles. The van der Waals surface area contributed by atoms with Crippen molar-refractivity contribution in [2.45, 2.75) is 39.5 Å². The number of nitrogens with one attached hydrogen (secondary N) is 1. The second kappa shape index (κ2) is 3.86. The number of benzene rings is 1. The molecule has 3 N–H and O–H groups in total. The zero-order valence-corrected chi connectivity index (χ0v) is 10.5. The van der Waals surface area contributed by atoms with Crippen LogP contribution in [0.15, 0.2) is 18.3 Å². The van der Waals surface area contributed by atoms with E-state index in [4.69, 9.17) is 5.73 Å². The molecule has 1 aliphatic heterocycles. The summed E-state index contributed by atoms with van der Waals surface area (Å²) in [4.78, 5) is 0. The molecule has 0 radical (unpaired) electrons. The Hall–Kier alpha value is -1.32. The van der Waals surface area contributed by atoms with Gasteiger partial charge in [0.05, 0.1) is 0 Å². The number of fused-ring (bicyclic) bond motifs is 2. The molecular formula is C14H19N3. The molecule has 0 fully saturated rings. The third-order valence-corrected chi connectivity index (χ3v) is 3.70. The number of rotatable bonds is 2. The third kappa shape index (κ3) is 1.58. The van der Waals surface area contributed by atoms with E-state index in [2.05, 4.69) is 42.1 Å². The zero-order chi connectivity index (χ0) is 12.0. The molecule has 1 unspecified atom stereocenters. The molecule has 90 valence electrons. The first-order valence-electron chi connectivity index (χ1n) is 6.31. The fourth-order valence-corrected chi connectivity index (χ4v) is 2.74. The van der Waals surface area contributed by atoms with Crippen LogP contribution in [0, 0.1) is 0 Å². The predicted octanol–water partition coefficient (Wildman–Crippen LogP) is 2.28. The van der Waals surface area contributed by atoms with Gasteiger partial charge in [-0.25, -0.2) is 0 Å². The molecule has 0 amide bonds. The molecular weight excluding hydrogens is 210 g/mol. The van der Waals surface area contributed by atoms with E-state index in [1.54, 1.807) is 0 Å². The van der Waals surface area contributed by atoms with E-state index in [0.717, 1.165) is 19.6 Å². The second-order valence-corrected chi connectivity index (χ2v) is 4.90. The lowest BCUT2D eigenvalue weighted by atomic mass is 10.0. The standard InChI is InChI=1S/C14H19N3/c1-3-17-8-13(9(2)15)12-4-10-6-16-7-11(10)5-14(12)17/h4-5,8-9,16H,3,6-7,15H2,1-2H3. The smallest absolute Gasteiger partial charge is 0.0487 e. The quantitative estimate of drug-likeness (QED) is 0.829. The van der Waals surface area contributed by atoms with Crippen LogP contribution in [-0.4, -0.2) is 4.57 Å². The molecule has 0 saturated carbocycles. The van der Waals surface area contributed by atoms with Gasteiger partial charge in [0.1, 0.15) is 0 Å². The maximum atomic E-state index is 6.06. The highest BCUT2D eigenvalue weighted by molar-refractivity contribution is 5.86. The van der Waals surface area contributed by atoms with Crippen molar-refractivity contribution in [3.63, 3.8) is 0 Å². The van der Waals surface area contributed by atoms with Crippen molar-refractivity contribution < 1.29 is 0 Å². The number of aryl methyl sites for hydroxylation is 1. The highest BCUT2D eigenvalue weighted by Crippen LogP contribution is 2.30. The van der Waals surface area contributed by atoms with Gasteiger partial charge in [0, 0.05) is 42.8 Å². The molecule has 1 atom stereocenters. The molecule has 3 heteroatoms. The van der Waals surface area contributed by atoms with E-state index < -0.39 is 0 Å². The lowest BCUT2D eigenvalue weighted by molar-refractivity contribution is 0.761. The SMILES string of the molecule is CCn1cc(C(C)N)c2cc3c(cc21)CNC3. The van der Waals surface area contributed by atoms with Gasteiger partial charge in [-0.3, -0.25) is 0 Å². The molecule has 0 aliphatic carbocycles. The van der Waals surface area contributed by atoms with Crippen LogP contribution in [-0.2, 0) is 19.6 Å². The molecule has 0 saturated heterocycles. The summed E-state index contributed by atoms with van der Waals surface area (Å²) in [7, 11) is 0. The molecule has 3 nitrogen and oxygen atoms in total. The summed E-state index contributed by atoms with van der Waals surface area (Å²) in [6.07, 6.45) is 2.21. The minimum Gasteiger partial charge on any atom is -0.347 e. The normalized spacial score (nSPS) is 16.4. The van der Waals surface area contributed by atoms with E-state index in [0.29, 0.717) is 0 Å². The topological polar surface area (TPSA) is 43.0 Å². The van der Waals surface area contributed by atoms with E-state index in [1.165, 1.54) is 27.6 Å². The molecule has 17 heavy (non-hydrogen) atoms. The van der Waals surface area contributed by atoms with Crippen molar-refractivity contribution in [3.05, 3.63) is 35.0 Å². The predicted molar refractivity (Wildman–Crippen MR) is 70.8 cm³/mol. The highest BCUT2D eigenvalue weighted by Gasteiger charge is 2.16. The summed E-state index contributed by atoms with van der Waals surface area (Å²) in [5.41, 5.74) is 11.5. The maximum Gasteiger partial charge on any atom is 0.0487 e.